The third kappa shape index (κ3) is 2.25. The van der Waals surface area contributed by atoms with E-state index in [0.717, 1.165) is 0 Å². The summed E-state index contributed by atoms with van der Waals surface area (Å²) < 4.78 is 0. The van der Waals surface area contributed by atoms with Gasteiger partial charge in [-0.1, -0.05) is 115 Å². The van der Waals surface area contributed by atoms with Crippen molar-refractivity contribution in [2.45, 2.75) is 18.6 Å². The van der Waals surface area contributed by atoms with Gasteiger partial charge in [-0.2, -0.15) is 0 Å². The third-order valence-electron chi connectivity index (χ3n) is 7.11. The van der Waals surface area contributed by atoms with Crippen LogP contribution in [0.3, 0.4) is 0 Å². The second kappa shape index (κ2) is 6.05. The summed E-state index contributed by atoms with van der Waals surface area (Å²) in [5, 5.41) is 4.62. The molecule has 0 amide bonds. The molecule has 0 heterocycles. The molecule has 0 nitrogen and oxygen atoms in total. The Morgan fingerprint density at radius 1 is 0.655 bits per heavy atom. The van der Waals surface area contributed by atoms with E-state index in [2.05, 4.69) is 110 Å². The third-order valence-corrected chi connectivity index (χ3v) is 11.1. The van der Waals surface area contributed by atoms with Crippen LogP contribution in [0, 0.1) is 5.92 Å². The van der Waals surface area contributed by atoms with E-state index in [0.29, 0.717) is 11.5 Å². The van der Waals surface area contributed by atoms with Crippen LogP contribution in [0.4, 0.5) is 0 Å². The Hall–Kier alpha value is -2.90. The maximum absolute atomic E-state index is 2.60. The monoisotopic (exact) mass is 388 g/mol. The van der Waals surface area contributed by atoms with Crippen molar-refractivity contribution in [3.05, 3.63) is 119 Å². The van der Waals surface area contributed by atoms with Gasteiger partial charge in [-0.05, 0) is 38.3 Å². The highest BCUT2D eigenvalue weighted by Crippen LogP contribution is 2.52. The molecular formula is C28H24Si. The molecule has 29 heavy (non-hydrogen) atoms. The van der Waals surface area contributed by atoms with E-state index in [9.17, 15) is 0 Å². The van der Waals surface area contributed by atoms with Crippen molar-refractivity contribution in [1.82, 2.24) is 0 Å². The molecule has 0 spiro atoms. The highest BCUT2D eigenvalue weighted by atomic mass is 28.3. The lowest BCUT2D eigenvalue weighted by atomic mass is 9.97. The fraction of sp³-hybridized carbons (Fsp3) is 0.143. The van der Waals surface area contributed by atoms with Gasteiger partial charge >= 0.3 is 0 Å². The summed E-state index contributed by atoms with van der Waals surface area (Å²) in [4.78, 5) is 0. The molecule has 0 fully saturated rings. The van der Waals surface area contributed by atoms with Gasteiger partial charge in [0.15, 0.2) is 0 Å². The maximum atomic E-state index is 2.60. The van der Waals surface area contributed by atoms with Crippen LogP contribution >= 0.6 is 0 Å². The van der Waals surface area contributed by atoms with Crippen molar-refractivity contribution in [3.8, 4) is 11.1 Å². The van der Waals surface area contributed by atoms with Gasteiger partial charge in [0.25, 0.3) is 0 Å². The zero-order chi connectivity index (χ0) is 19.6. The van der Waals surface area contributed by atoms with Crippen molar-refractivity contribution in [2.24, 2.45) is 5.92 Å². The van der Waals surface area contributed by atoms with E-state index in [1.165, 1.54) is 38.3 Å². The van der Waals surface area contributed by atoms with Crippen molar-refractivity contribution in [2.75, 3.05) is 0 Å². The van der Waals surface area contributed by atoms with E-state index in [-0.39, 0.29) is 0 Å². The predicted molar refractivity (Wildman–Crippen MR) is 125 cm³/mol. The Kier molecular flexibility index (Phi) is 3.54. The molecule has 6 rings (SSSR count). The molecule has 1 atom stereocenters. The van der Waals surface area contributed by atoms with Crippen LogP contribution < -0.4 is 10.4 Å². The number of allylic oxidation sites excluding steroid dienone is 4. The standard InChI is InChI=1S/C28H24Si/c1-29(2,27-23-15-7-3-11-19(23)20-12-4-8-16-24(20)27)28-25-17-9-5-13-21(25)22-14-6-10-18-26(22)28/h3-18,23,28H,1-2H3. The summed E-state index contributed by atoms with van der Waals surface area (Å²) >= 11 is 0. The van der Waals surface area contributed by atoms with Crippen molar-refractivity contribution in [3.63, 3.8) is 0 Å². The van der Waals surface area contributed by atoms with Crippen molar-refractivity contribution in [1.29, 1.82) is 0 Å². The zero-order valence-electron chi connectivity index (χ0n) is 16.9. The molecule has 0 aromatic heterocycles. The topological polar surface area (TPSA) is 0 Å². The van der Waals surface area contributed by atoms with Crippen molar-refractivity contribution < 1.29 is 0 Å². The Labute approximate surface area is 173 Å². The van der Waals surface area contributed by atoms with E-state index < -0.39 is 8.07 Å². The van der Waals surface area contributed by atoms with Gasteiger partial charge in [-0.3, -0.25) is 0 Å². The molecule has 3 aromatic carbocycles. The highest BCUT2D eigenvalue weighted by molar-refractivity contribution is 6.95. The number of hydrogen-bond acceptors (Lipinski definition) is 0. The smallest absolute Gasteiger partial charge is 0.0733 e. The normalized spacial score (nSPS) is 19.2. The quantitative estimate of drug-likeness (QED) is 0.520. The SMILES string of the molecule is C[Si](C)(C1=c2ccccc2=C2C=CC=CC21)C1c2ccccc2-c2ccccc21. The lowest BCUT2D eigenvalue weighted by Gasteiger charge is -2.36. The average molecular weight is 389 g/mol. The number of benzene rings is 3. The molecule has 0 saturated heterocycles. The van der Waals surface area contributed by atoms with Gasteiger partial charge in [0.1, 0.15) is 0 Å². The van der Waals surface area contributed by atoms with Gasteiger partial charge in [0, 0.05) is 11.5 Å². The van der Waals surface area contributed by atoms with E-state index >= 15 is 0 Å². The Balaban J connectivity index is 1.65. The first-order chi connectivity index (χ1) is 14.2. The molecule has 0 saturated carbocycles. The van der Waals surface area contributed by atoms with Gasteiger partial charge in [-0.15, -0.1) is 0 Å². The van der Waals surface area contributed by atoms with Crippen LogP contribution in [-0.4, -0.2) is 8.07 Å². The summed E-state index contributed by atoms with van der Waals surface area (Å²) in [6, 6.07) is 27.3. The Bertz CT molecular complexity index is 1290. The largest absolute Gasteiger partial charge is 0.0897 e. The fourth-order valence-corrected chi connectivity index (χ4v) is 10.4. The minimum atomic E-state index is -1.89. The summed E-state index contributed by atoms with van der Waals surface area (Å²) in [5.74, 6) is 0.430. The molecule has 1 unspecified atom stereocenters. The molecule has 3 aromatic rings. The minimum absolute atomic E-state index is 0.430. The number of fused-ring (bicyclic) bond motifs is 5. The van der Waals surface area contributed by atoms with Crippen LogP contribution in [0.15, 0.2) is 97.1 Å². The van der Waals surface area contributed by atoms with Crippen molar-refractivity contribution >= 4 is 18.8 Å². The summed E-state index contributed by atoms with van der Waals surface area (Å²) in [6.45, 7) is 5.19. The van der Waals surface area contributed by atoms with E-state index in [1.54, 1.807) is 5.20 Å². The van der Waals surface area contributed by atoms with Gasteiger partial charge in [0.2, 0.25) is 0 Å². The second-order valence-corrected chi connectivity index (χ2v) is 13.5. The van der Waals surface area contributed by atoms with Crippen LogP contribution in [-0.2, 0) is 0 Å². The first kappa shape index (κ1) is 17.0. The van der Waals surface area contributed by atoms with E-state index in [1.807, 2.05) is 0 Å². The fourth-order valence-electron chi connectivity index (χ4n) is 6.02. The molecule has 1 heteroatoms. The van der Waals surface area contributed by atoms with Crippen LogP contribution in [0.25, 0.3) is 21.9 Å². The van der Waals surface area contributed by atoms with Crippen LogP contribution in [0.5, 0.6) is 0 Å². The zero-order valence-corrected chi connectivity index (χ0v) is 17.9. The summed E-state index contributed by atoms with van der Waals surface area (Å²) in [5.41, 5.74) is 7.90. The average Bonchev–Trinajstić information content (AvgIpc) is 3.28. The lowest BCUT2D eigenvalue weighted by Crippen LogP contribution is -2.42. The van der Waals surface area contributed by atoms with Gasteiger partial charge in [0.05, 0.1) is 8.07 Å². The summed E-state index contributed by atoms with van der Waals surface area (Å²) in [7, 11) is -1.89. The minimum Gasteiger partial charge on any atom is -0.0733 e. The lowest BCUT2D eigenvalue weighted by molar-refractivity contribution is 1.09. The molecule has 0 bridgehead atoms. The Morgan fingerprint density at radius 2 is 1.24 bits per heavy atom. The van der Waals surface area contributed by atoms with Crippen LogP contribution in [0.2, 0.25) is 13.1 Å². The molecule has 3 aliphatic rings. The predicted octanol–water partition coefficient (Wildman–Crippen LogP) is 5.34. The molecule has 140 valence electrons. The van der Waals surface area contributed by atoms with Gasteiger partial charge in [-0.25, -0.2) is 0 Å². The molecular weight excluding hydrogens is 364 g/mol. The highest BCUT2D eigenvalue weighted by Gasteiger charge is 2.46. The van der Waals surface area contributed by atoms with Gasteiger partial charge < -0.3 is 0 Å². The summed E-state index contributed by atoms with van der Waals surface area (Å²) in [6.07, 6.45) is 9.19. The number of rotatable bonds is 2. The number of hydrogen-bond donors (Lipinski definition) is 0. The van der Waals surface area contributed by atoms with E-state index in [4.69, 9.17) is 0 Å². The molecule has 3 aliphatic carbocycles. The molecule has 0 radical (unpaired) electrons. The molecule has 0 aliphatic heterocycles. The van der Waals surface area contributed by atoms with Crippen LogP contribution in [0.1, 0.15) is 16.7 Å². The maximum Gasteiger partial charge on any atom is 0.0897 e. The molecule has 0 N–H and O–H groups in total. The first-order valence-electron chi connectivity index (χ1n) is 10.5. The first-order valence-corrected chi connectivity index (χ1v) is 13.6. The second-order valence-electron chi connectivity index (χ2n) is 8.97. The Morgan fingerprint density at radius 3 is 1.93 bits per heavy atom.